The molecule has 6 nitrogen and oxygen atoms in total. The van der Waals surface area contributed by atoms with Gasteiger partial charge < -0.3 is 10.1 Å². The maximum atomic E-state index is 13.4. The first-order chi connectivity index (χ1) is 15.4. The fourth-order valence-electron chi connectivity index (χ4n) is 3.84. The van der Waals surface area contributed by atoms with Crippen LogP contribution < -0.4 is 9.62 Å². The summed E-state index contributed by atoms with van der Waals surface area (Å²) in [6.45, 7) is 2.48. The van der Waals surface area contributed by atoms with Crippen molar-refractivity contribution in [2.45, 2.75) is 56.4 Å². The molecule has 0 spiro atoms. The van der Waals surface area contributed by atoms with Crippen LogP contribution >= 0.6 is 11.6 Å². The third-order valence-electron chi connectivity index (χ3n) is 5.61. The molecule has 0 aliphatic heterocycles. The highest BCUT2D eigenvalue weighted by atomic mass is 35.5. The lowest BCUT2D eigenvalue weighted by molar-refractivity contribution is -0.119. The standard InChI is InChI=1S/C24H31ClN2O4S/c1-19-13-14-20(25)17-23(19)27(32(29,30)22-11-6-3-7-12-22)18-24(28)26-15-8-16-31-21-9-4-2-5-10-21/h3,6-7,11-14,17,21H,2,4-5,8-10,15-16,18H2,1H3,(H,26,28). The second-order valence-electron chi connectivity index (χ2n) is 8.09. The third-order valence-corrected chi connectivity index (χ3v) is 7.62. The number of aryl methyl sites for hydroxylation is 1. The number of halogens is 1. The summed E-state index contributed by atoms with van der Waals surface area (Å²) < 4.78 is 33.7. The van der Waals surface area contributed by atoms with E-state index in [1.54, 1.807) is 43.3 Å². The quantitative estimate of drug-likeness (QED) is 0.502. The highest BCUT2D eigenvalue weighted by molar-refractivity contribution is 7.92. The number of hydrogen-bond acceptors (Lipinski definition) is 4. The van der Waals surface area contributed by atoms with E-state index in [1.807, 2.05) is 0 Å². The van der Waals surface area contributed by atoms with Gasteiger partial charge in [-0.25, -0.2) is 8.42 Å². The fourth-order valence-corrected chi connectivity index (χ4v) is 5.50. The predicted octanol–water partition coefficient (Wildman–Crippen LogP) is 4.70. The Kier molecular flexibility index (Phi) is 8.96. The van der Waals surface area contributed by atoms with E-state index in [-0.39, 0.29) is 17.3 Å². The van der Waals surface area contributed by atoms with Crippen LogP contribution in [0.2, 0.25) is 5.02 Å². The monoisotopic (exact) mass is 478 g/mol. The lowest BCUT2D eigenvalue weighted by Crippen LogP contribution is -2.41. The van der Waals surface area contributed by atoms with Crippen LogP contribution in [0, 0.1) is 6.92 Å². The van der Waals surface area contributed by atoms with Gasteiger partial charge in [0.2, 0.25) is 5.91 Å². The Labute approximate surface area is 196 Å². The topological polar surface area (TPSA) is 75.7 Å². The molecular weight excluding hydrogens is 448 g/mol. The van der Waals surface area contributed by atoms with Gasteiger partial charge in [-0.3, -0.25) is 9.10 Å². The smallest absolute Gasteiger partial charge is 0.264 e. The summed E-state index contributed by atoms with van der Waals surface area (Å²) in [5.41, 5.74) is 1.10. The lowest BCUT2D eigenvalue weighted by atomic mass is 9.98. The molecule has 0 atom stereocenters. The Bertz CT molecular complexity index is 992. The minimum absolute atomic E-state index is 0.119. The van der Waals surface area contributed by atoms with E-state index in [2.05, 4.69) is 5.32 Å². The molecule has 32 heavy (non-hydrogen) atoms. The minimum Gasteiger partial charge on any atom is -0.378 e. The van der Waals surface area contributed by atoms with E-state index in [0.717, 1.165) is 17.1 Å². The van der Waals surface area contributed by atoms with Crippen molar-refractivity contribution in [1.29, 1.82) is 0 Å². The molecule has 1 aliphatic carbocycles. The number of ether oxygens (including phenoxy) is 1. The molecule has 1 amide bonds. The van der Waals surface area contributed by atoms with Gasteiger partial charge in [-0.15, -0.1) is 0 Å². The molecule has 0 aromatic heterocycles. The molecule has 1 N–H and O–H groups in total. The van der Waals surface area contributed by atoms with Gasteiger partial charge in [0.25, 0.3) is 10.0 Å². The van der Waals surface area contributed by atoms with E-state index in [9.17, 15) is 13.2 Å². The van der Waals surface area contributed by atoms with Gasteiger partial charge in [0.1, 0.15) is 6.54 Å². The van der Waals surface area contributed by atoms with Crippen LogP contribution in [0.1, 0.15) is 44.1 Å². The van der Waals surface area contributed by atoms with Crippen molar-refractivity contribution < 1.29 is 17.9 Å². The average Bonchev–Trinajstić information content (AvgIpc) is 2.80. The van der Waals surface area contributed by atoms with Gasteiger partial charge in [0, 0.05) is 18.2 Å². The number of anilines is 1. The van der Waals surface area contributed by atoms with Crippen LogP contribution in [0.15, 0.2) is 53.4 Å². The summed E-state index contributed by atoms with van der Waals surface area (Å²) >= 11 is 6.14. The van der Waals surface area contributed by atoms with Crippen molar-refractivity contribution in [1.82, 2.24) is 5.32 Å². The molecule has 2 aromatic rings. The van der Waals surface area contributed by atoms with E-state index in [4.69, 9.17) is 16.3 Å². The summed E-state index contributed by atoms with van der Waals surface area (Å²) in [6, 6.07) is 13.1. The van der Waals surface area contributed by atoms with E-state index >= 15 is 0 Å². The maximum absolute atomic E-state index is 13.4. The van der Waals surface area contributed by atoms with Crippen LogP contribution in [-0.4, -0.2) is 40.1 Å². The fraction of sp³-hybridized carbons (Fsp3) is 0.458. The van der Waals surface area contributed by atoms with Gasteiger partial charge in [0.15, 0.2) is 0 Å². The first-order valence-electron chi connectivity index (χ1n) is 11.1. The number of amides is 1. The molecule has 174 valence electrons. The number of hydrogen-bond donors (Lipinski definition) is 1. The number of nitrogens with zero attached hydrogens (tertiary/aromatic N) is 1. The Hall–Kier alpha value is -2.09. The highest BCUT2D eigenvalue weighted by Gasteiger charge is 2.28. The number of rotatable bonds is 10. The molecule has 1 saturated carbocycles. The zero-order valence-corrected chi connectivity index (χ0v) is 20.0. The number of nitrogens with one attached hydrogen (secondary N) is 1. The molecule has 0 heterocycles. The number of carbonyl (C=O) groups is 1. The molecular formula is C24H31ClN2O4S. The summed E-state index contributed by atoms with van der Waals surface area (Å²) in [4.78, 5) is 12.8. The zero-order chi connectivity index (χ0) is 23.0. The first-order valence-corrected chi connectivity index (χ1v) is 12.9. The Morgan fingerprint density at radius 3 is 2.56 bits per heavy atom. The average molecular weight is 479 g/mol. The summed E-state index contributed by atoms with van der Waals surface area (Å²) in [5, 5.41) is 3.22. The predicted molar refractivity (Wildman–Crippen MR) is 128 cm³/mol. The Morgan fingerprint density at radius 1 is 1.12 bits per heavy atom. The number of benzene rings is 2. The van der Waals surface area contributed by atoms with Gasteiger partial charge in [-0.2, -0.15) is 0 Å². The van der Waals surface area contributed by atoms with Crippen molar-refractivity contribution in [2.75, 3.05) is 24.0 Å². The number of carbonyl (C=O) groups excluding carboxylic acids is 1. The SMILES string of the molecule is Cc1ccc(Cl)cc1N(CC(=O)NCCCOC1CCCCC1)S(=O)(=O)c1ccccc1. The molecule has 1 fully saturated rings. The van der Waals surface area contributed by atoms with Gasteiger partial charge in [0.05, 0.1) is 16.7 Å². The Morgan fingerprint density at radius 2 is 1.84 bits per heavy atom. The van der Waals surface area contributed by atoms with Crippen LogP contribution in [0.5, 0.6) is 0 Å². The summed E-state index contributed by atoms with van der Waals surface area (Å²) in [5.74, 6) is -0.374. The molecule has 8 heteroatoms. The van der Waals surface area contributed by atoms with Crippen molar-refractivity contribution in [3.05, 3.63) is 59.1 Å². The molecule has 0 radical (unpaired) electrons. The van der Waals surface area contributed by atoms with Crippen molar-refractivity contribution in [3.63, 3.8) is 0 Å². The van der Waals surface area contributed by atoms with Crippen molar-refractivity contribution >= 4 is 33.2 Å². The zero-order valence-electron chi connectivity index (χ0n) is 18.4. The second-order valence-corrected chi connectivity index (χ2v) is 10.4. The van der Waals surface area contributed by atoms with Crippen LogP contribution in [-0.2, 0) is 19.6 Å². The van der Waals surface area contributed by atoms with Gasteiger partial charge in [-0.1, -0.05) is 55.1 Å². The molecule has 3 rings (SSSR count). The van der Waals surface area contributed by atoms with Crippen LogP contribution in [0.3, 0.4) is 0 Å². The normalized spacial score (nSPS) is 14.8. The largest absolute Gasteiger partial charge is 0.378 e. The van der Waals surface area contributed by atoms with E-state index in [1.165, 1.54) is 31.4 Å². The molecule has 0 saturated heterocycles. The van der Waals surface area contributed by atoms with E-state index in [0.29, 0.717) is 41.9 Å². The number of sulfonamides is 1. The third kappa shape index (κ3) is 6.70. The second kappa shape index (κ2) is 11.7. The highest BCUT2D eigenvalue weighted by Crippen LogP contribution is 2.29. The first kappa shape index (κ1) is 24.6. The van der Waals surface area contributed by atoms with Gasteiger partial charge in [-0.05, 0) is 56.0 Å². The summed E-state index contributed by atoms with van der Waals surface area (Å²) in [7, 11) is -3.95. The van der Waals surface area contributed by atoms with Crippen molar-refractivity contribution in [3.8, 4) is 0 Å². The maximum Gasteiger partial charge on any atom is 0.264 e. The molecule has 0 unspecified atom stereocenters. The molecule has 1 aliphatic rings. The lowest BCUT2D eigenvalue weighted by Gasteiger charge is -2.26. The van der Waals surface area contributed by atoms with Crippen molar-refractivity contribution in [2.24, 2.45) is 0 Å². The molecule has 0 bridgehead atoms. The van der Waals surface area contributed by atoms with Gasteiger partial charge >= 0.3 is 0 Å². The van der Waals surface area contributed by atoms with Crippen LogP contribution in [0.25, 0.3) is 0 Å². The minimum atomic E-state index is -3.95. The Balaban J connectivity index is 1.65. The van der Waals surface area contributed by atoms with E-state index < -0.39 is 10.0 Å². The van der Waals surface area contributed by atoms with Crippen LogP contribution in [0.4, 0.5) is 5.69 Å². The molecule has 2 aromatic carbocycles. The summed E-state index contributed by atoms with van der Waals surface area (Å²) in [6.07, 6.45) is 6.95.